The van der Waals surface area contributed by atoms with Crippen molar-refractivity contribution in [2.75, 3.05) is 25.0 Å². The minimum atomic E-state index is -0.333. The highest BCUT2D eigenvalue weighted by Crippen LogP contribution is 2.29. The van der Waals surface area contributed by atoms with Crippen molar-refractivity contribution >= 4 is 33.9 Å². The number of nitrogens with zero attached hydrogens (tertiary/aromatic N) is 2. The highest BCUT2D eigenvalue weighted by molar-refractivity contribution is 7.80. The van der Waals surface area contributed by atoms with Gasteiger partial charge in [0.05, 0.1) is 24.8 Å². The number of aliphatic hydroxyl groups is 1. The molecule has 204 valence electrons. The number of pyridine rings is 1. The van der Waals surface area contributed by atoms with E-state index in [1.165, 1.54) is 11.1 Å². The fraction of sp³-hybridized carbons (Fsp3) is 0.467. The fourth-order valence-electron chi connectivity index (χ4n) is 5.17. The topological polar surface area (TPSA) is 80.8 Å². The minimum Gasteiger partial charge on any atom is -0.494 e. The summed E-state index contributed by atoms with van der Waals surface area (Å²) in [6, 6.07) is 11.9. The van der Waals surface area contributed by atoms with Gasteiger partial charge in [-0.05, 0) is 117 Å². The molecule has 1 aromatic heterocycles. The molecule has 0 spiro atoms. The van der Waals surface area contributed by atoms with E-state index in [-0.39, 0.29) is 17.7 Å². The van der Waals surface area contributed by atoms with Crippen LogP contribution >= 0.6 is 12.2 Å². The maximum Gasteiger partial charge on any atom is 0.253 e. The van der Waals surface area contributed by atoms with E-state index in [1.807, 2.05) is 42.2 Å². The summed E-state index contributed by atoms with van der Waals surface area (Å²) in [5.41, 5.74) is 5.93. The van der Waals surface area contributed by atoms with Crippen LogP contribution in [0.5, 0.6) is 5.75 Å². The monoisotopic (exact) mass is 536 g/mol. The third kappa shape index (κ3) is 6.20. The van der Waals surface area contributed by atoms with Crippen LogP contribution < -0.4 is 15.6 Å². The van der Waals surface area contributed by atoms with Gasteiger partial charge in [-0.2, -0.15) is 0 Å². The van der Waals surface area contributed by atoms with Crippen molar-refractivity contribution in [3.63, 3.8) is 0 Å². The summed E-state index contributed by atoms with van der Waals surface area (Å²) in [6.45, 7) is 14.4. The zero-order chi connectivity index (χ0) is 27.4. The largest absolute Gasteiger partial charge is 0.494 e. The van der Waals surface area contributed by atoms with Crippen LogP contribution in [-0.2, 0) is 13.1 Å². The Morgan fingerprint density at radius 3 is 2.39 bits per heavy atom. The van der Waals surface area contributed by atoms with E-state index in [0.717, 1.165) is 47.5 Å². The van der Waals surface area contributed by atoms with Crippen LogP contribution in [0.3, 0.4) is 0 Å². The van der Waals surface area contributed by atoms with Gasteiger partial charge in [-0.1, -0.05) is 13.8 Å². The quantitative estimate of drug-likeness (QED) is 0.311. The van der Waals surface area contributed by atoms with Crippen molar-refractivity contribution in [3.8, 4) is 5.75 Å². The van der Waals surface area contributed by atoms with Gasteiger partial charge >= 0.3 is 0 Å². The van der Waals surface area contributed by atoms with Crippen molar-refractivity contribution in [1.29, 1.82) is 0 Å². The number of benzene rings is 2. The molecule has 0 radical (unpaired) electrons. The lowest BCUT2D eigenvalue weighted by molar-refractivity contribution is 0.0267. The number of nitrogens with one attached hydrogen (secondary N) is 2. The standard InChI is InChI=1S/C30H40N4O3S/c1-6-33(7-2)18-27-19(4)13-21-14-22(29(36)32-28(21)20(27)5)17-34(24-15-25(35)16-24)30(38)31-23-9-11-26(12-10-23)37-8-3/h9-14,24-25,35H,6-8,15-18H2,1-5H3,(H,31,38)(H,32,36). The summed E-state index contributed by atoms with van der Waals surface area (Å²) in [5, 5.41) is 14.9. The van der Waals surface area contributed by atoms with Crippen LogP contribution in [0.25, 0.3) is 10.9 Å². The smallest absolute Gasteiger partial charge is 0.253 e. The predicted octanol–water partition coefficient (Wildman–Crippen LogP) is 5.11. The van der Waals surface area contributed by atoms with Crippen molar-refractivity contribution in [2.45, 2.75) is 72.7 Å². The van der Waals surface area contributed by atoms with Gasteiger partial charge in [-0.25, -0.2) is 0 Å². The lowest BCUT2D eigenvalue weighted by Gasteiger charge is -2.42. The summed E-state index contributed by atoms with van der Waals surface area (Å²) in [6.07, 6.45) is 0.924. The van der Waals surface area contributed by atoms with Crippen molar-refractivity contribution in [3.05, 3.63) is 69.0 Å². The molecular formula is C30H40N4O3S. The lowest BCUT2D eigenvalue weighted by Crippen LogP contribution is -2.51. The van der Waals surface area contributed by atoms with E-state index >= 15 is 0 Å². The third-order valence-corrected chi connectivity index (χ3v) is 7.98. The molecule has 1 fully saturated rings. The normalized spacial score (nSPS) is 16.9. The van der Waals surface area contributed by atoms with Gasteiger partial charge in [-0.3, -0.25) is 9.69 Å². The van der Waals surface area contributed by atoms with Crippen molar-refractivity contribution in [1.82, 2.24) is 14.8 Å². The molecule has 4 rings (SSSR count). The number of aliphatic hydroxyl groups excluding tert-OH is 1. The number of anilines is 1. The van der Waals surface area contributed by atoms with E-state index in [2.05, 4.69) is 49.0 Å². The lowest BCUT2D eigenvalue weighted by atomic mass is 9.88. The zero-order valence-corrected chi connectivity index (χ0v) is 24.0. The number of ether oxygens (including phenoxy) is 1. The molecule has 7 nitrogen and oxygen atoms in total. The number of aryl methyl sites for hydroxylation is 2. The van der Waals surface area contributed by atoms with Crippen molar-refractivity contribution in [2.24, 2.45) is 0 Å². The van der Waals surface area contributed by atoms with E-state index in [9.17, 15) is 9.90 Å². The van der Waals surface area contributed by atoms with Crippen LogP contribution in [0, 0.1) is 13.8 Å². The number of hydrogen-bond acceptors (Lipinski definition) is 5. The fourth-order valence-corrected chi connectivity index (χ4v) is 5.51. The summed E-state index contributed by atoms with van der Waals surface area (Å²) >= 11 is 5.80. The van der Waals surface area contributed by atoms with Crippen LogP contribution in [0.2, 0.25) is 0 Å². The Labute approximate surface area is 230 Å². The number of aromatic nitrogens is 1. The van der Waals surface area contributed by atoms with E-state index < -0.39 is 0 Å². The predicted molar refractivity (Wildman–Crippen MR) is 159 cm³/mol. The Balaban J connectivity index is 1.61. The molecule has 0 bridgehead atoms. The summed E-state index contributed by atoms with van der Waals surface area (Å²) in [5.74, 6) is 0.802. The molecule has 1 aliphatic carbocycles. The SMILES string of the molecule is CCOc1ccc(NC(=S)N(Cc2cc3cc(C)c(CN(CC)CC)c(C)c3[nH]c2=O)C2CC(O)C2)cc1. The first-order valence-electron chi connectivity index (χ1n) is 13.6. The van der Waals surface area contributed by atoms with Gasteiger partial charge in [0, 0.05) is 23.8 Å². The Kier molecular flexibility index (Phi) is 9.07. The molecule has 0 saturated heterocycles. The third-order valence-electron chi connectivity index (χ3n) is 7.65. The molecule has 8 heteroatoms. The molecule has 0 atom stereocenters. The van der Waals surface area contributed by atoms with E-state index in [0.29, 0.717) is 36.7 Å². The van der Waals surface area contributed by atoms with Crippen LogP contribution in [0.1, 0.15) is 55.9 Å². The van der Waals surface area contributed by atoms with Gasteiger partial charge in [0.1, 0.15) is 5.75 Å². The molecule has 0 amide bonds. The van der Waals surface area contributed by atoms with Gasteiger partial charge < -0.3 is 25.0 Å². The van der Waals surface area contributed by atoms with Crippen LogP contribution in [-0.4, -0.2) is 56.8 Å². The van der Waals surface area contributed by atoms with Gasteiger partial charge in [-0.15, -0.1) is 0 Å². The summed E-state index contributed by atoms with van der Waals surface area (Å²) in [7, 11) is 0. The maximum absolute atomic E-state index is 13.3. The average molecular weight is 537 g/mol. The molecule has 38 heavy (non-hydrogen) atoms. The number of aromatic amines is 1. The molecule has 2 aromatic carbocycles. The van der Waals surface area contributed by atoms with E-state index in [4.69, 9.17) is 17.0 Å². The Bertz CT molecular complexity index is 1330. The molecule has 3 N–H and O–H groups in total. The number of H-pyrrole nitrogens is 1. The second-order valence-corrected chi connectivity index (χ2v) is 10.5. The Morgan fingerprint density at radius 2 is 1.79 bits per heavy atom. The van der Waals surface area contributed by atoms with Crippen molar-refractivity contribution < 1.29 is 9.84 Å². The molecule has 0 aliphatic heterocycles. The van der Waals surface area contributed by atoms with Gasteiger partial charge in [0.2, 0.25) is 0 Å². The number of hydrogen-bond donors (Lipinski definition) is 3. The molecule has 0 unspecified atom stereocenters. The van der Waals surface area contributed by atoms with E-state index in [1.54, 1.807) is 0 Å². The minimum absolute atomic E-state index is 0.0720. The average Bonchev–Trinajstić information content (AvgIpc) is 2.88. The van der Waals surface area contributed by atoms with Crippen LogP contribution in [0.15, 0.2) is 41.2 Å². The molecular weight excluding hydrogens is 496 g/mol. The molecule has 1 aliphatic rings. The number of rotatable bonds is 10. The number of fused-ring (bicyclic) bond motifs is 1. The summed E-state index contributed by atoms with van der Waals surface area (Å²) < 4.78 is 5.53. The molecule has 1 heterocycles. The summed E-state index contributed by atoms with van der Waals surface area (Å²) in [4.78, 5) is 20.9. The maximum atomic E-state index is 13.3. The second-order valence-electron chi connectivity index (χ2n) is 10.1. The Hall–Kier alpha value is -2.94. The highest BCUT2D eigenvalue weighted by Gasteiger charge is 2.34. The zero-order valence-electron chi connectivity index (χ0n) is 23.1. The molecule has 1 saturated carbocycles. The highest BCUT2D eigenvalue weighted by atomic mass is 32.1. The van der Waals surface area contributed by atoms with Gasteiger partial charge in [0.25, 0.3) is 5.56 Å². The second kappa shape index (κ2) is 12.3. The first-order chi connectivity index (χ1) is 18.2. The van der Waals surface area contributed by atoms with Crippen LogP contribution in [0.4, 0.5) is 5.69 Å². The van der Waals surface area contributed by atoms with Gasteiger partial charge in [0.15, 0.2) is 5.11 Å². The number of thiocarbonyl (C=S) groups is 1. The molecule has 3 aromatic rings. The first kappa shape index (κ1) is 28.1. The first-order valence-corrected chi connectivity index (χ1v) is 14.0. The Morgan fingerprint density at radius 1 is 1.11 bits per heavy atom.